The van der Waals surface area contributed by atoms with Crippen LogP contribution in [0.15, 0.2) is 77.9 Å². The van der Waals surface area contributed by atoms with E-state index < -0.39 is 12.0 Å². The van der Waals surface area contributed by atoms with Crippen molar-refractivity contribution < 1.29 is 19.4 Å². The Kier molecular flexibility index (Phi) is 10.9. The molecule has 1 unspecified atom stereocenters. The molecule has 0 spiro atoms. The summed E-state index contributed by atoms with van der Waals surface area (Å²) in [7, 11) is 2.23. The average molecular weight is 563 g/mol. The molecule has 6 N–H and O–H groups in total. The summed E-state index contributed by atoms with van der Waals surface area (Å²) in [4.78, 5) is 23.0. The van der Waals surface area contributed by atoms with E-state index in [0.29, 0.717) is 32.4 Å². The second kappa shape index (κ2) is 15.0. The maximum atomic E-state index is 12.0. The summed E-state index contributed by atoms with van der Waals surface area (Å²) in [6, 6.07) is 24.0. The largest absolute Gasteiger partial charge is 0.494 e. The first-order chi connectivity index (χ1) is 19.5. The summed E-state index contributed by atoms with van der Waals surface area (Å²) in [6.45, 7) is 0.998. The molecule has 0 fully saturated rings. The number of nitrogens with zero attached hydrogens (tertiary/aromatic N) is 1. The summed E-state index contributed by atoms with van der Waals surface area (Å²) in [5, 5.41) is 18.7. The molecule has 0 radical (unpaired) electrons. The highest BCUT2D eigenvalue weighted by molar-refractivity contribution is 7.13. The van der Waals surface area contributed by atoms with Gasteiger partial charge in [-0.15, -0.1) is 10.6 Å². The SMILES string of the molecule is O=C(CCCOc1ccc(-c2ccc(-c3ccc(C4=NNNN4)cc3)cc2)cc1)NCCCC[C@H](NP)C(=O)O. The third-order valence-electron chi connectivity index (χ3n) is 6.53. The van der Waals surface area contributed by atoms with Crippen LogP contribution in [0.2, 0.25) is 0 Å². The number of carbonyl (C=O) groups excluding carboxylic acids is 1. The van der Waals surface area contributed by atoms with Crippen LogP contribution in [0.3, 0.4) is 0 Å². The number of hydrogen-bond acceptors (Lipinski definition) is 8. The number of nitrogens with one attached hydrogen (secondary N) is 5. The number of carboxylic acid groups (broad SMARTS) is 1. The molecule has 0 aliphatic carbocycles. The Morgan fingerprint density at radius 3 is 1.95 bits per heavy atom. The van der Waals surface area contributed by atoms with Gasteiger partial charge in [0.2, 0.25) is 5.91 Å². The van der Waals surface area contributed by atoms with E-state index in [1.807, 2.05) is 36.4 Å². The lowest BCUT2D eigenvalue weighted by molar-refractivity contribution is -0.139. The molecule has 1 aliphatic heterocycles. The fraction of sp³-hybridized carbons (Fsp3) is 0.276. The number of carboxylic acids is 1. The van der Waals surface area contributed by atoms with Crippen molar-refractivity contribution in [2.24, 2.45) is 5.10 Å². The Labute approximate surface area is 236 Å². The normalized spacial score (nSPS) is 13.1. The van der Waals surface area contributed by atoms with Gasteiger partial charge in [-0.2, -0.15) is 0 Å². The molecular weight excluding hydrogens is 527 g/mol. The Hall–Kier alpha value is -3.98. The van der Waals surface area contributed by atoms with Gasteiger partial charge >= 0.3 is 5.97 Å². The molecular formula is C29H35N6O4P. The third kappa shape index (κ3) is 8.51. The predicted octanol–water partition coefficient (Wildman–Crippen LogP) is 3.57. The van der Waals surface area contributed by atoms with Crippen molar-refractivity contribution in [2.75, 3.05) is 13.2 Å². The molecule has 1 heterocycles. The number of carbonyl (C=O) groups is 2. The van der Waals surface area contributed by atoms with Crippen molar-refractivity contribution in [3.8, 4) is 28.0 Å². The van der Waals surface area contributed by atoms with E-state index in [-0.39, 0.29) is 5.91 Å². The van der Waals surface area contributed by atoms with Crippen molar-refractivity contribution in [3.05, 3.63) is 78.4 Å². The van der Waals surface area contributed by atoms with Gasteiger partial charge in [0.25, 0.3) is 0 Å². The minimum atomic E-state index is -0.870. The number of rotatable bonds is 15. The van der Waals surface area contributed by atoms with E-state index in [1.54, 1.807) is 0 Å². The van der Waals surface area contributed by atoms with Crippen LogP contribution in [0.25, 0.3) is 22.3 Å². The molecule has 0 saturated heterocycles. The minimum Gasteiger partial charge on any atom is -0.494 e. The Morgan fingerprint density at radius 1 is 0.850 bits per heavy atom. The number of benzene rings is 3. The van der Waals surface area contributed by atoms with Crippen LogP contribution in [-0.2, 0) is 9.59 Å². The number of hydrazine groups is 2. The fourth-order valence-corrected chi connectivity index (χ4v) is 4.55. The predicted molar refractivity (Wildman–Crippen MR) is 159 cm³/mol. The quantitative estimate of drug-likeness (QED) is 0.122. The zero-order valence-electron chi connectivity index (χ0n) is 22.2. The van der Waals surface area contributed by atoms with Crippen LogP contribution >= 0.6 is 9.39 Å². The Bertz CT molecular complexity index is 1280. The highest BCUT2D eigenvalue weighted by atomic mass is 31.0. The first-order valence-electron chi connectivity index (χ1n) is 13.3. The Morgan fingerprint density at radius 2 is 1.43 bits per heavy atom. The Balaban J connectivity index is 1.15. The number of aliphatic carboxylic acids is 1. The van der Waals surface area contributed by atoms with Crippen molar-refractivity contribution in [2.45, 2.75) is 38.1 Å². The minimum absolute atomic E-state index is 0.0212. The highest BCUT2D eigenvalue weighted by Gasteiger charge is 2.13. The van der Waals surface area contributed by atoms with Gasteiger partial charge in [0.05, 0.1) is 6.61 Å². The zero-order valence-corrected chi connectivity index (χ0v) is 23.3. The van der Waals surface area contributed by atoms with Crippen molar-refractivity contribution >= 4 is 27.1 Å². The van der Waals surface area contributed by atoms with Crippen molar-refractivity contribution in [1.82, 2.24) is 26.9 Å². The van der Waals surface area contributed by atoms with Gasteiger partial charge in [-0.25, -0.2) is 5.53 Å². The lowest BCUT2D eigenvalue weighted by Gasteiger charge is -2.11. The topological polar surface area (TPSA) is 136 Å². The molecule has 40 heavy (non-hydrogen) atoms. The van der Waals surface area contributed by atoms with Gasteiger partial charge in [0.15, 0.2) is 5.84 Å². The third-order valence-corrected chi connectivity index (χ3v) is 6.93. The number of ether oxygens (including phenoxy) is 1. The van der Waals surface area contributed by atoms with Gasteiger partial charge in [0, 0.05) is 18.5 Å². The average Bonchev–Trinajstić information content (AvgIpc) is 3.53. The summed E-state index contributed by atoms with van der Waals surface area (Å²) < 4.78 is 5.81. The first kappa shape index (κ1) is 29.0. The number of hydrazone groups is 1. The van der Waals surface area contributed by atoms with Gasteiger partial charge in [-0.1, -0.05) is 70.1 Å². The van der Waals surface area contributed by atoms with Gasteiger partial charge in [-0.05, 0) is 60.1 Å². The van der Waals surface area contributed by atoms with Crippen molar-refractivity contribution in [3.63, 3.8) is 0 Å². The second-order valence-corrected chi connectivity index (χ2v) is 9.69. The maximum Gasteiger partial charge on any atom is 0.320 e. The zero-order chi connectivity index (χ0) is 28.2. The smallest absolute Gasteiger partial charge is 0.320 e. The summed E-state index contributed by atoms with van der Waals surface area (Å²) in [6.07, 6.45) is 2.99. The van der Waals surface area contributed by atoms with Crippen LogP contribution in [0.5, 0.6) is 5.75 Å². The standard InChI is InChI=1S/C29H35N6O4P/c36-27(30-18-2-1-4-26(33-40)29(37)38)5-3-19-39-25-16-14-23(15-17-25)21-8-6-20(7-9-21)22-10-12-24(13-11-22)28-31-34-35-32-28/h6-17,26,33-35H,1-5,18-19,40H2,(H,30,36)(H,31,32)(H,37,38)/t26-/m0/s1. The van der Waals surface area contributed by atoms with Crippen LogP contribution in [-0.4, -0.2) is 42.0 Å². The number of amides is 1. The van der Waals surface area contributed by atoms with E-state index in [0.717, 1.165) is 52.2 Å². The van der Waals surface area contributed by atoms with Crippen LogP contribution in [0.4, 0.5) is 0 Å². The first-order valence-corrected chi connectivity index (χ1v) is 13.8. The van der Waals surface area contributed by atoms with Crippen LogP contribution in [0, 0.1) is 0 Å². The van der Waals surface area contributed by atoms with Gasteiger partial charge < -0.3 is 15.2 Å². The molecule has 0 bridgehead atoms. The van der Waals surface area contributed by atoms with Crippen molar-refractivity contribution in [1.29, 1.82) is 0 Å². The molecule has 1 aliphatic rings. The molecule has 4 rings (SSSR count). The highest BCUT2D eigenvalue weighted by Crippen LogP contribution is 2.26. The van der Waals surface area contributed by atoms with Gasteiger partial charge in [0.1, 0.15) is 11.8 Å². The number of amidine groups is 1. The fourth-order valence-electron chi connectivity index (χ4n) is 4.25. The van der Waals surface area contributed by atoms with Crippen LogP contribution < -0.4 is 31.6 Å². The summed E-state index contributed by atoms with van der Waals surface area (Å²) in [5.41, 5.74) is 13.8. The van der Waals surface area contributed by atoms with E-state index in [9.17, 15) is 9.59 Å². The molecule has 0 saturated carbocycles. The molecule has 3 aromatic carbocycles. The summed E-state index contributed by atoms with van der Waals surface area (Å²) in [5.74, 6) is 0.627. The van der Waals surface area contributed by atoms with Gasteiger partial charge in [-0.3, -0.25) is 20.1 Å². The molecule has 11 heteroatoms. The molecule has 2 atom stereocenters. The molecule has 10 nitrogen and oxygen atoms in total. The number of unbranched alkanes of at least 4 members (excludes halogenated alkanes) is 1. The molecule has 0 aromatic heterocycles. The molecule has 3 aromatic rings. The van der Waals surface area contributed by atoms with E-state index in [4.69, 9.17) is 9.84 Å². The second-order valence-electron chi connectivity index (χ2n) is 9.36. The van der Waals surface area contributed by atoms with E-state index in [2.05, 4.69) is 77.8 Å². The monoisotopic (exact) mass is 562 g/mol. The van der Waals surface area contributed by atoms with E-state index >= 15 is 0 Å². The lowest BCUT2D eigenvalue weighted by Crippen LogP contribution is -2.35. The van der Waals surface area contributed by atoms with Crippen LogP contribution in [0.1, 0.15) is 37.7 Å². The summed E-state index contributed by atoms with van der Waals surface area (Å²) >= 11 is 0. The maximum absolute atomic E-state index is 12.0. The molecule has 210 valence electrons. The number of hydrogen-bond donors (Lipinski definition) is 6. The van der Waals surface area contributed by atoms with E-state index in [1.165, 1.54) is 0 Å². The lowest BCUT2D eigenvalue weighted by atomic mass is 9.99. The molecule has 1 amide bonds.